The molecule has 3 rings (SSSR count). The Hall–Kier alpha value is -2.23. The molecule has 0 aliphatic carbocycles. The summed E-state index contributed by atoms with van der Waals surface area (Å²) in [6.45, 7) is 1.98. The molecule has 1 N–H and O–H groups in total. The largest absolute Gasteiger partial charge is 0.338 e. The number of hydrogen-bond acceptors (Lipinski definition) is 2. The first-order chi connectivity index (χ1) is 8.25. The molecule has 0 bridgehead atoms. The highest BCUT2D eigenvalue weighted by molar-refractivity contribution is 5.84. The number of aromatic nitrogens is 3. The molecule has 1 aromatic carbocycles. The van der Waals surface area contributed by atoms with E-state index in [-0.39, 0.29) is 5.82 Å². The molecule has 0 fully saturated rings. The van der Waals surface area contributed by atoms with Crippen molar-refractivity contribution >= 4 is 11.2 Å². The fourth-order valence-corrected chi connectivity index (χ4v) is 1.94. The van der Waals surface area contributed by atoms with E-state index in [0.717, 1.165) is 28.0 Å². The van der Waals surface area contributed by atoms with Crippen LogP contribution in [0.4, 0.5) is 4.39 Å². The number of aryl methyl sites for hydroxylation is 1. The second kappa shape index (κ2) is 3.66. The molecule has 0 aliphatic heterocycles. The average molecular weight is 227 g/mol. The van der Waals surface area contributed by atoms with Crippen molar-refractivity contribution in [2.45, 2.75) is 6.92 Å². The maximum absolute atomic E-state index is 12.9. The molecule has 17 heavy (non-hydrogen) atoms. The van der Waals surface area contributed by atoms with Gasteiger partial charge in [0.15, 0.2) is 5.65 Å². The quantitative estimate of drug-likeness (QED) is 0.694. The fourth-order valence-electron chi connectivity index (χ4n) is 1.94. The van der Waals surface area contributed by atoms with Gasteiger partial charge in [0.2, 0.25) is 0 Å². The number of nitrogens with zero attached hydrogens (tertiary/aromatic N) is 2. The van der Waals surface area contributed by atoms with Crippen molar-refractivity contribution in [1.29, 1.82) is 0 Å². The maximum atomic E-state index is 12.9. The summed E-state index contributed by atoms with van der Waals surface area (Å²) in [7, 11) is 0. The van der Waals surface area contributed by atoms with Gasteiger partial charge in [-0.1, -0.05) is 0 Å². The van der Waals surface area contributed by atoms with Crippen LogP contribution in [0.2, 0.25) is 0 Å². The predicted molar refractivity (Wildman–Crippen MR) is 64.0 cm³/mol. The van der Waals surface area contributed by atoms with Gasteiger partial charge in [-0.15, -0.1) is 0 Å². The van der Waals surface area contributed by atoms with Gasteiger partial charge in [0.05, 0.1) is 5.69 Å². The van der Waals surface area contributed by atoms with Crippen molar-refractivity contribution in [1.82, 2.24) is 15.0 Å². The van der Waals surface area contributed by atoms with E-state index in [9.17, 15) is 4.39 Å². The summed E-state index contributed by atoms with van der Waals surface area (Å²) in [6, 6.07) is 6.38. The molecule has 0 saturated heterocycles. The van der Waals surface area contributed by atoms with E-state index in [4.69, 9.17) is 0 Å². The monoisotopic (exact) mass is 227 g/mol. The SMILES string of the molecule is Cc1c(-c2ccc(F)cc2)[nH]c2nccnc12. The van der Waals surface area contributed by atoms with E-state index in [1.54, 1.807) is 24.5 Å². The summed E-state index contributed by atoms with van der Waals surface area (Å²) in [6.07, 6.45) is 3.31. The van der Waals surface area contributed by atoms with Crippen LogP contribution in [0.25, 0.3) is 22.4 Å². The first kappa shape index (κ1) is 9.96. The second-order valence-corrected chi connectivity index (χ2v) is 3.89. The van der Waals surface area contributed by atoms with Gasteiger partial charge < -0.3 is 4.98 Å². The zero-order valence-electron chi connectivity index (χ0n) is 9.24. The number of fused-ring (bicyclic) bond motifs is 1. The Kier molecular flexibility index (Phi) is 2.14. The van der Waals surface area contributed by atoms with Crippen LogP contribution < -0.4 is 0 Å². The molecule has 0 amide bonds. The first-order valence-electron chi connectivity index (χ1n) is 5.31. The lowest BCUT2D eigenvalue weighted by Gasteiger charge is -1.99. The Bertz CT molecular complexity index is 671. The molecule has 2 heterocycles. The van der Waals surface area contributed by atoms with Gasteiger partial charge in [-0.05, 0) is 36.8 Å². The third kappa shape index (κ3) is 1.58. The number of nitrogens with one attached hydrogen (secondary N) is 1. The van der Waals surface area contributed by atoms with Gasteiger partial charge in [-0.2, -0.15) is 0 Å². The zero-order chi connectivity index (χ0) is 11.8. The molecule has 3 aromatic rings. The molecule has 0 radical (unpaired) electrons. The summed E-state index contributed by atoms with van der Waals surface area (Å²) in [5.41, 5.74) is 4.51. The van der Waals surface area contributed by atoms with Crippen LogP contribution in [0.15, 0.2) is 36.7 Å². The minimum absolute atomic E-state index is 0.237. The number of halogens is 1. The fraction of sp³-hybridized carbons (Fsp3) is 0.0769. The van der Waals surface area contributed by atoms with Gasteiger partial charge in [0, 0.05) is 18.0 Å². The molecule has 0 saturated carbocycles. The van der Waals surface area contributed by atoms with Crippen LogP contribution in [0, 0.1) is 12.7 Å². The minimum atomic E-state index is -0.237. The van der Waals surface area contributed by atoms with Crippen molar-refractivity contribution in [2.75, 3.05) is 0 Å². The molecular formula is C13H10FN3. The van der Waals surface area contributed by atoms with Gasteiger partial charge in [0.1, 0.15) is 11.3 Å². The van der Waals surface area contributed by atoms with E-state index in [1.165, 1.54) is 12.1 Å². The first-order valence-corrected chi connectivity index (χ1v) is 5.31. The molecule has 3 nitrogen and oxygen atoms in total. The van der Waals surface area contributed by atoms with E-state index in [2.05, 4.69) is 15.0 Å². The molecule has 2 aromatic heterocycles. The average Bonchev–Trinajstić information content (AvgIpc) is 2.69. The van der Waals surface area contributed by atoms with Gasteiger partial charge >= 0.3 is 0 Å². The summed E-state index contributed by atoms with van der Waals surface area (Å²) in [4.78, 5) is 11.7. The van der Waals surface area contributed by atoms with Crippen molar-refractivity contribution in [3.63, 3.8) is 0 Å². The summed E-state index contributed by atoms with van der Waals surface area (Å²) >= 11 is 0. The highest BCUT2D eigenvalue weighted by atomic mass is 19.1. The Balaban J connectivity index is 2.24. The van der Waals surface area contributed by atoms with Gasteiger partial charge in [0.25, 0.3) is 0 Å². The molecule has 84 valence electrons. The number of H-pyrrole nitrogens is 1. The Morgan fingerprint density at radius 2 is 1.76 bits per heavy atom. The minimum Gasteiger partial charge on any atom is -0.338 e. The summed E-state index contributed by atoms with van der Waals surface area (Å²) in [5, 5.41) is 0. The third-order valence-electron chi connectivity index (χ3n) is 2.80. The van der Waals surface area contributed by atoms with Crippen LogP contribution in [-0.2, 0) is 0 Å². The van der Waals surface area contributed by atoms with Gasteiger partial charge in [-0.25, -0.2) is 9.37 Å². The van der Waals surface area contributed by atoms with Crippen LogP contribution in [0.3, 0.4) is 0 Å². The maximum Gasteiger partial charge on any atom is 0.156 e. The Labute approximate surface area is 97.3 Å². The lowest BCUT2D eigenvalue weighted by Crippen LogP contribution is -1.81. The Morgan fingerprint density at radius 3 is 2.47 bits per heavy atom. The standard InChI is InChI=1S/C13H10FN3/c1-8-11(9-2-4-10(14)5-3-9)17-13-12(8)15-6-7-16-13/h2-7H,1H3,(H,16,17). The van der Waals surface area contributed by atoms with Crippen LogP contribution >= 0.6 is 0 Å². The van der Waals surface area contributed by atoms with E-state index in [1.807, 2.05) is 6.92 Å². The van der Waals surface area contributed by atoms with E-state index in [0.29, 0.717) is 0 Å². The highest BCUT2D eigenvalue weighted by Gasteiger charge is 2.10. The van der Waals surface area contributed by atoms with Crippen LogP contribution in [-0.4, -0.2) is 15.0 Å². The Morgan fingerprint density at radius 1 is 1.06 bits per heavy atom. The van der Waals surface area contributed by atoms with Crippen molar-refractivity contribution in [3.05, 3.63) is 48.0 Å². The topological polar surface area (TPSA) is 41.6 Å². The number of hydrogen-bond donors (Lipinski definition) is 1. The van der Waals surface area contributed by atoms with Crippen molar-refractivity contribution < 1.29 is 4.39 Å². The molecule has 0 aliphatic rings. The number of aromatic amines is 1. The van der Waals surface area contributed by atoms with Crippen molar-refractivity contribution in [2.24, 2.45) is 0 Å². The number of benzene rings is 1. The van der Waals surface area contributed by atoms with Crippen molar-refractivity contribution in [3.8, 4) is 11.3 Å². The van der Waals surface area contributed by atoms with E-state index >= 15 is 0 Å². The van der Waals surface area contributed by atoms with Crippen LogP contribution in [0.5, 0.6) is 0 Å². The molecule has 0 spiro atoms. The number of rotatable bonds is 1. The predicted octanol–water partition coefficient (Wildman–Crippen LogP) is 3.07. The molecule has 0 atom stereocenters. The van der Waals surface area contributed by atoms with Gasteiger partial charge in [-0.3, -0.25) is 4.98 Å². The lowest BCUT2D eigenvalue weighted by molar-refractivity contribution is 0.628. The second-order valence-electron chi connectivity index (χ2n) is 3.89. The molecule has 4 heteroatoms. The zero-order valence-corrected chi connectivity index (χ0v) is 9.24. The third-order valence-corrected chi connectivity index (χ3v) is 2.80. The molecular weight excluding hydrogens is 217 g/mol. The normalized spacial score (nSPS) is 10.9. The summed E-state index contributed by atoms with van der Waals surface area (Å²) in [5.74, 6) is -0.237. The van der Waals surface area contributed by atoms with E-state index < -0.39 is 0 Å². The summed E-state index contributed by atoms with van der Waals surface area (Å²) < 4.78 is 12.9. The van der Waals surface area contributed by atoms with Crippen LogP contribution in [0.1, 0.15) is 5.56 Å². The molecule has 0 unspecified atom stereocenters. The smallest absolute Gasteiger partial charge is 0.156 e. The lowest BCUT2D eigenvalue weighted by atomic mass is 10.1. The highest BCUT2D eigenvalue weighted by Crippen LogP contribution is 2.27.